The van der Waals surface area contributed by atoms with Crippen molar-refractivity contribution in [2.45, 2.75) is 32.7 Å². The molecular formula is C10H17N. The van der Waals surface area contributed by atoms with Crippen molar-refractivity contribution in [3.05, 3.63) is 12.3 Å². The molecule has 1 aliphatic carbocycles. The molecule has 11 heavy (non-hydrogen) atoms. The summed E-state index contributed by atoms with van der Waals surface area (Å²) in [5, 5.41) is 0. The van der Waals surface area contributed by atoms with Crippen molar-refractivity contribution < 1.29 is 0 Å². The van der Waals surface area contributed by atoms with Crippen LogP contribution in [0.15, 0.2) is 12.3 Å². The van der Waals surface area contributed by atoms with Crippen LogP contribution in [0.25, 0.3) is 0 Å². The van der Waals surface area contributed by atoms with Crippen LogP contribution in [0.1, 0.15) is 26.7 Å². The van der Waals surface area contributed by atoms with E-state index < -0.39 is 0 Å². The third-order valence-corrected chi connectivity index (χ3v) is 4.00. The van der Waals surface area contributed by atoms with Crippen molar-refractivity contribution in [2.24, 2.45) is 11.3 Å². The van der Waals surface area contributed by atoms with Gasteiger partial charge in [-0.05, 0) is 25.7 Å². The van der Waals surface area contributed by atoms with Gasteiger partial charge in [0.1, 0.15) is 0 Å². The molecule has 1 saturated heterocycles. The number of nitrogens with zero attached hydrogens (tertiary/aromatic N) is 1. The lowest BCUT2D eigenvalue weighted by molar-refractivity contribution is 0.317. The summed E-state index contributed by atoms with van der Waals surface area (Å²) in [5.41, 5.74) is 1.92. The zero-order chi connectivity index (χ0) is 8.22. The first-order chi connectivity index (χ1) is 5.09. The molecule has 2 rings (SSSR count). The van der Waals surface area contributed by atoms with Gasteiger partial charge in [-0.3, -0.25) is 0 Å². The highest BCUT2D eigenvalue weighted by Gasteiger charge is 2.57. The molecule has 0 aromatic carbocycles. The molecule has 0 N–H and O–H groups in total. The van der Waals surface area contributed by atoms with Crippen LogP contribution < -0.4 is 0 Å². The fourth-order valence-electron chi connectivity index (χ4n) is 2.54. The molecule has 0 aromatic heterocycles. The lowest BCUT2D eigenvalue weighted by Gasteiger charge is -2.19. The molecule has 0 aromatic rings. The van der Waals surface area contributed by atoms with Crippen molar-refractivity contribution >= 4 is 0 Å². The second-order valence-electron chi connectivity index (χ2n) is 4.24. The van der Waals surface area contributed by atoms with Gasteiger partial charge in [-0.1, -0.05) is 13.5 Å². The number of hydrogen-bond acceptors (Lipinski definition) is 1. The zero-order valence-electron chi connectivity index (χ0n) is 7.72. The van der Waals surface area contributed by atoms with E-state index in [0.717, 1.165) is 5.92 Å². The van der Waals surface area contributed by atoms with Gasteiger partial charge in [0.25, 0.3) is 0 Å². The van der Waals surface area contributed by atoms with Crippen LogP contribution in [0.2, 0.25) is 0 Å². The Bertz CT molecular complexity index is 203. The molecule has 1 spiro atoms. The highest BCUT2D eigenvalue weighted by atomic mass is 15.2. The molecule has 0 amide bonds. The van der Waals surface area contributed by atoms with Crippen molar-refractivity contribution in [1.29, 1.82) is 0 Å². The Hall–Kier alpha value is -0.460. The third-order valence-electron chi connectivity index (χ3n) is 4.00. The topological polar surface area (TPSA) is 3.24 Å². The quantitative estimate of drug-likeness (QED) is 0.513. The molecule has 1 saturated carbocycles. The van der Waals surface area contributed by atoms with Gasteiger partial charge in [0.05, 0.1) is 0 Å². The summed E-state index contributed by atoms with van der Waals surface area (Å²) in [5.74, 6) is 0.819. The standard InChI is InChI=1S/C10H17N/c1-7-8(2)11(4)9(3)10(7)5-6-10/h7-8H,3,5-6H2,1-2,4H3. The SMILES string of the molecule is C=C1N(C)C(C)C(C)C12CC2. The molecule has 2 aliphatic rings. The summed E-state index contributed by atoms with van der Waals surface area (Å²) >= 11 is 0. The van der Waals surface area contributed by atoms with Crippen LogP contribution in [-0.4, -0.2) is 18.0 Å². The summed E-state index contributed by atoms with van der Waals surface area (Å²) in [6.07, 6.45) is 2.75. The molecule has 1 nitrogen and oxygen atoms in total. The van der Waals surface area contributed by atoms with Crippen molar-refractivity contribution in [3.63, 3.8) is 0 Å². The second-order valence-corrected chi connectivity index (χ2v) is 4.24. The Kier molecular flexibility index (Phi) is 1.19. The van der Waals surface area contributed by atoms with Crippen LogP contribution >= 0.6 is 0 Å². The highest BCUT2D eigenvalue weighted by Crippen LogP contribution is 2.63. The predicted octanol–water partition coefficient (Wildman–Crippen LogP) is 2.25. The van der Waals surface area contributed by atoms with E-state index in [4.69, 9.17) is 0 Å². The van der Waals surface area contributed by atoms with Crippen LogP contribution in [0.5, 0.6) is 0 Å². The summed E-state index contributed by atoms with van der Waals surface area (Å²) in [7, 11) is 2.18. The van der Waals surface area contributed by atoms with E-state index in [2.05, 4.69) is 32.4 Å². The first-order valence-corrected chi connectivity index (χ1v) is 4.52. The smallest absolute Gasteiger partial charge is 0.0290 e. The van der Waals surface area contributed by atoms with E-state index in [1.165, 1.54) is 18.5 Å². The fraction of sp³-hybridized carbons (Fsp3) is 0.800. The average Bonchev–Trinajstić information content (AvgIpc) is 2.76. The monoisotopic (exact) mass is 151 g/mol. The molecule has 0 radical (unpaired) electrons. The highest BCUT2D eigenvalue weighted by molar-refractivity contribution is 5.26. The summed E-state index contributed by atoms with van der Waals surface area (Å²) < 4.78 is 0. The molecule has 1 aliphatic heterocycles. The Morgan fingerprint density at radius 2 is 2.00 bits per heavy atom. The maximum atomic E-state index is 4.18. The average molecular weight is 151 g/mol. The lowest BCUT2D eigenvalue weighted by atomic mass is 9.89. The molecule has 1 heterocycles. The van der Waals surface area contributed by atoms with Gasteiger partial charge in [-0.15, -0.1) is 0 Å². The first kappa shape index (κ1) is 7.20. The van der Waals surface area contributed by atoms with Gasteiger partial charge in [-0.2, -0.15) is 0 Å². The number of rotatable bonds is 0. The van der Waals surface area contributed by atoms with Crippen molar-refractivity contribution in [3.8, 4) is 0 Å². The van der Waals surface area contributed by atoms with E-state index >= 15 is 0 Å². The Labute approximate surface area is 69.1 Å². The predicted molar refractivity (Wildman–Crippen MR) is 47.2 cm³/mol. The van der Waals surface area contributed by atoms with Gasteiger partial charge in [0.15, 0.2) is 0 Å². The molecule has 62 valence electrons. The molecule has 2 unspecified atom stereocenters. The second kappa shape index (κ2) is 1.82. The van der Waals surface area contributed by atoms with E-state index in [-0.39, 0.29) is 0 Å². The summed E-state index contributed by atoms with van der Waals surface area (Å²) in [6.45, 7) is 8.85. The summed E-state index contributed by atoms with van der Waals surface area (Å²) in [4.78, 5) is 2.36. The van der Waals surface area contributed by atoms with Gasteiger partial charge in [0.2, 0.25) is 0 Å². The molecule has 0 bridgehead atoms. The third kappa shape index (κ3) is 0.666. The van der Waals surface area contributed by atoms with E-state index in [9.17, 15) is 0 Å². The molecule has 2 atom stereocenters. The minimum absolute atomic E-state index is 0.536. The van der Waals surface area contributed by atoms with Crippen LogP contribution in [0.3, 0.4) is 0 Å². The fourth-order valence-corrected chi connectivity index (χ4v) is 2.54. The minimum atomic E-state index is 0.536. The van der Waals surface area contributed by atoms with Crippen molar-refractivity contribution in [1.82, 2.24) is 4.90 Å². The lowest BCUT2D eigenvalue weighted by Crippen LogP contribution is -2.23. The number of allylic oxidation sites excluding steroid dienone is 1. The van der Waals surface area contributed by atoms with E-state index in [0.29, 0.717) is 11.5 Å². The zero-order valence-corrected chi connectivity index (χ0v) is 7.72. The number of likely N-dealkylation sites (tertiary alicyclic amines) is 1. The van der Waals surface area contributed by atoms with Crippen LogP contribution in [0.4, 0.5) is 0 Å². The van der Waals surface area contributed by atoms with Gasteiger partial charge >= 0.3 is 0 Å². The maximum Gasteiger partial charge on any atom is 0.0290 e. The van der Waals surface area contributed by atoms with Crippen LogP contribution in [-0.2, 0) is 0 Å². The first-order valence-electron chi connectivity index (χ1n) is 4.52. The van der Waals surface area contributed by atoms with E-state index in [1.807, 2.05) is 0 Å². The van der Waals surface area contributed by atoms with Gasteiger partial charge < -0.3 is 4.90 Å². The Morgan fingerprint density at radius 3 is 2.18 bits per heavy atom. The minimum Gasteiger partial charge on any atom is -0.375 e. The molecular weight excluding hydrogens is 134 g/mol. The van der Waals surface area contributed by atoms with Crippen LogP contribution in [0, 0.1) is 11.3 Å². The maximum absolute atomic E-state index is 4.18. The van der Waals surface area contributed by atoms with E-state index in [1.54, 1.807) is 0 Å². The van der Waals surface area contributed by atoms with Gasteiger partial charge in [0, 0.05) is 24.2 Å². The summed E-state index contributed by atoms with van der Waals surface area (Å²) in [6, 6.07) is 0.699. The Morgan fingerprint density at radius 1 is 1.45 bits per heavy atom. The number of hydrogen-bond donors (Lipinski definition) is 0. The van der Waals surface area contributed by atoms with Gasteiger partial charge in [-0.25, -0.2) is 0 Å². The Balaban J connectivity index is 2.32. The largest absolute Gasteiger partial charge is 0.375 e. The molecule has 1 heteroatoms. The molecule has 2 fully saturated rings. The van der Waals surface area contributed by atoms with Crippen molar-refractivity contribution in [2.75, 3.05) is 7.05 Å². The normalized spacial score (nSPS) is 40.3.